The molecule has 1 fully saturated rings. The molecule has 5 nitrogen and oxygen atoms in total. The fraction of sp³-hybridized carbons (Fsp3) is 0.476. The molecule has 0 unspecified atom stereocenters. The quantitative estimate of drug-likeness (QED) is 0.763. The lowest BCUT2D eigenvalue weighted by Crippen LogP contribution is -2.41. The number of carbonyl (C=O) groups is 1. The van der Waals surface area contributed by atoms with E-state index in [2.05, 4.69) is 39.2 Å². The Labute approximate surface area is 155 Å². The smallest absolute Gasteiger partial charge is 0.229 e. The molecular weight excluding hydrogens is 324 g/mol. The molecule has 1 amide bonds. The van der Waals surface area contributed by atoms with Gasteiger partial charge in [-0.2, -0.15) is 0 Å². The average Bonchev–Trinajstić information content (AvgIpc) is 2.70. The number of unbranched alkanes of at least 4 members (excludes halogenated alkanes) is 2. The van der Waals surface area contributed by atoms with Gasteiger partial charge in [-0.25, -0.2) is 9.97 Å². The predicted molar refractivity (Wildman–Crippen MR) is 105 cm³/mol. The fourth-order valence-corrected chi connectivity index (χ4v) is 3.41. The summed E-state index contributed by atoms with van der Waals surface area (Å²) in [5, 5.41) is 3.07. The van der Waals surface area contributed by atoms with Gasteiger partial charge >= 0.3 is 0 Å². The number of amides is 1. The molecule has 1 N–H and O–H groups in total. The first-order valence-corrected chi connectivity index (χ1v) is 9.68. The number of aromatic nitrogens is 2. The Hall–Kier alpha value is -2.43. The van der Waals surface area contributed by atoms with Gasteiger partial charge in [0.2, 0.25) is 11.9 Å². The van der Waals surface area contributed by atoms with Gasteiger partial charge in [-0.15, -0.1) is 0 Å². The molecule has 1 aliphatic heterocycles. The molecule has 26 heavy (non-hydrogen) atoms. The lowest BCUT2D eigenvalue weighted by Gasteiger charge is -2.31. The van der Waals surface area contributed by atoms with E-state index < -0.39 is 0 Å². The van der Waals surface area contributed by atoms with Crippen LogP contribution in [0.4, 0.5) is 11.6 Å². The van der Waals surface area contributed by atoms with Gasteiger partial charge in [-0.3, -0.25) is 4.79 Å². The summed E-state index contributed by atoms with van der Waals surface area (Å²) in [4.78, 5) is 23.4. The third kappa shape index (κ3) is 5.04. The Morgan fingerprint density at radius 2 is 1.96 bits per heavy atom. The van der Waals surface area contributed by atoms with E-state index in [0.29, 0.717) is 12.5 Å². The molecule has 138 valence electrons. The summed E-state index contributed by atoms with van der Waals surface area (Å²) in [6.45, 7) is 3.79. The molecule has 0 radical (unpaired) electrons. The summed E-state index contributed by atoms with van der Waals surface area (Å²) in [7, 11) is 0. The van der Waals surface area contributed by atoms with Crippen LogP contribution in [-0.4, -0.2) is 29.0 Å². The highest BCUT2D eigenvalue weighted by Crippen LogP contribution is 2.22. The van der Waals surface area contributed by atoms with E-state index in [0.717, 1.165) is 31.5 Å². The highest BCUT2D eigenvalue weighted by atomic mass is 16.1. The van der Waals surface area contributed by atoms with E-state index in [1.807, 2.05) is 18.2 Å². The maximum absolute atomic E-state index is 12.7. The van der Waals surface area contributed by atoms with Gasteiger partial charge in [0.15, 0.2) is 0 Å². The predicted octanol–water partition coefficient (Wildman–Crippen LogP) is 4.06. The van der Waals surface area contributed by atoms with Crippen LogP contribution in [0.2, 0.25) is 0 Å². The van der Waals surface area contributed by atoms with Crippen LogP contribution in [0.5, 0.6) is 0 Å². The van der Waals surface area contributed by atoms with Crippen LogP contribution in [0, 0.1) is 5.92 Å². The molecule has 0 spiro atoms. The monoisotopic (exact) mass is 352 g/mol. The van der Waals surface area contributed by atoms with E-state index in [-0.39, 0.29) is 11.8 Å². The van der Waals surface area contributed by atoms with Crippen molar-refractivity contribution in [1.82, 2.24) is 9.97 Å². The molecule has 0 aliphatic carbocycles. The van der Waals surface area contributed by atoms with Crippen molar-refractivity contribution in [3.05, 3.63) is 48.3 Å². The molecule has 1 saturated heterocycles. The molecule has 3 rings (SSSR count). The van der Waals surface area contributed by atoms with Gasteiger partial charge in [-0.1, -0.05) is 31.9 Å². The Morgan fingerprint density at radius 3 is 2.69 bits per heavy atom. The number of rotatable bonds is 7. The van der Waals surface area contributed by atoms with Gasteiger partial charge in [0.25, 0.3) is 0 Å². The van der Waals surface area contributed by atoms with E-state index in [4.69, 9.17) is 0 Å². The van der Waals surface area contributed by atoms with Crippen molar-refractivity contribution in [2.45, 2.75) is 45.4 Å². The molecule has 1 aromatic heterocycles. The van der Waals surface area contributed by atoms with Crippen LogP contribution in [0.15, 0.2) is 42.7 Å². The van der Waals surface area contributed by atoms with E-state index in [9.17, 15) is 4.79 Å². The Kier molecular flexibility index (Phi) is 6.58. The van der Waals surface area contributed by atoms with Crippen LogP contribution in [-0.2, 0) is 11.2 Å². The Morgan fingerprint density at radius 1 is 1.19 bits per heavy atom. The van der Waals surface area contributed by atoms with Crippen LogP contribution in [0.25, 0.3) is 0 Å². The Balaban J connectivity index is 1.54. The number of carbonyl (C=O) groups excluding carboxylic acids is 1. The third-order valence-electron chi connectivity index (χ3n) is 4.92. The lowest BCUT2D eigenvalue weighted by atomic mass is 9.97. The first-order chi connectivity index (χ1) is 12.8. The standard InChI is InChI=1S/C21H28N4O/c1-2-3-4-7-17-9-11-19(12-10-17)24-20(26)18-8-5-15-25(16-18)21-22-13-6-14-23-21/h6,9-14,18H,2-5,7-8,15-16H2,1H3,(H,24,26)/t18-/m1/s1. The maximum atomic E-state index is 12.7. The minimum absolute atomic E-state index is 0.0308. The molecular formula is C21H28N4O. The lowest BCUT2D eigenvalue weighted by molar-refractivity contribution is -0.120. The van der Waals surface area contributed by atoms with Gasteiger partial charge in [0.1, 0.15) is 0 Å². The van der Waals surface area contributed by atoms with Gasteiger partial charge in [0.05, 0.1) is 5.92 Å². The molecule has 0 saturated carbocycles. The van der Waals surface area contributed by atoms with Crippen molar-refractivity contribution >= 4 is 17.5 Å². The Bertz CT molecular complexity index is 687. The maximum Gasteiger partial charge on any atom is 0.229 e. The number of hydrogen-bond acceptors (Lipinski definition) is 4. The molecule has 1 atom stereocenters. The minimum Gasteiger partial charge on any atom is -0.340 e. The second-order valence-electron chi connectivity index (χ2n) is 6.98. The van der Waals surface area contributed by atoms with Crippen molar-refractivity contribution in [2.24, 2.45) is 5.92 Å². The molecule has 2 aromatic rings. The molecule has 0 bridgehead atoms. The van der Waals surface area contributed by atoms with Crippen molar-refractivity contribution in [3.63, 3.8) is 0 Å². The van der Waals surface area contributed by atoms with Crippen molar-refractivity contribution in [3.8, 4) is 0 Å². The van der Waals surface area contributed by atoms with Gasteiger partial charge < -0.3 is 10.2 Å². The van der Waals surface area contributed by atoms with Gasteiger partial charge in [0, 0.05) is 31.2 Å². The first kappa shape index (κ1) is 18.4. The van der Waals surface area contributed by atoms with Crippen molar-refractivity contribution in [2.75, 3.05) is 23.3 Å². The summed E-state index contributed by atoms with van der Waals surface area (Å²) in [5.41, 5.74) is 2.21. The highest BCUT2D eigenvalue weighted by molar-refractivity contribution is 5.93. The number of benzene rings is 1. The summed E-state index contributed by atoms with van der Waals surface area (Å²) in [6.07, 6.45) is 10.2. The first-order valence-electron chi connectivity index (χ1n) is 9.68. The van der Waals surface area contributed by atoms with Crippen LogP contribution in [0.3, 0.4) is 0 Å². The second-order valence-corrected chi connectivity index (χ2v) is 6.98. The topological polar surface area (TPSA) is 58.1 Å². The minimum atomic E-state index is -0.0308. The van der Waals surface area contributed by atoms with E-state index >= 15 is 0 Å². The summed E-state index contributed by atoms with van der Waals surface area (Å²) in [6, 6.07) is 10.1. The number of aryl methyl sites for hydroxylation is 1. The van der Waals surface area contributed by atoms with Crippen LogP contribution < -0.4 is 10.2 Å². The summed E-state index contributed by atoms with van der Waals surface area (Å²) < 4.78 is 0. The molecule has 1 aromatic carbocycles. The van der Waals surface area contributed by atoms with Crippen molar-refractivity contribution in [1.29, 1.82) is 0 Å². The zero-order valence-electron chi connectivity index (χ0n) is 15.5. The van der Waals surface area contributed by atoms with Gasteiger partial charge in [-0.05, 0) is 49.4 Å². The summed E-state index contributed by atoms with van der Waals surface area (Å²) in [5.74, 6) is 0.766. The number of piperidine rings is 1. The number of nitrogens with one attached hydrogen (secondary N) is 1. The van der Waals surface area contributed by atoms with E-state index in [1.165, 1.54) is 24.8 Å². The molecule has 2 heterocycles. The number of hydrogen-bond donors (Lipinski definition) is 1. The zero-order valence-corrected chi connectivity index (χ0v) is 15.5. The highest BCUT2D eigenvalue weighted by Gasteiger charge is 2.27. The molecule has 1 aliphatic rings. The molecule has 5 heteroatoms. The largest absolute Gasteiger partial charge is 0.340 e. The average molecular weight is 352 g/mol. The SMILES string of the molecule is CCCCCc1ccc(NC(=O)[C@@H]2CCCN(c3ncccn3)C2)cc1. The van der Waals surface area contributed by atoms with Crippen LogP contribution >= 0.6 is 0 Å². The number of anilines is 2. The fourth-order valence-electron chi connectivity index (χ4n) is 3.41. The van der Waals surface area contributed by atoms with Crippen LogP contribution in [0.1, 0.15) is 44.6 Å². The van der Waals surface area contributed by atoms with E-state index in [1.54, 1.807) is 12.4 Å². The second kappa shape index (κ2) is 9.32. The number of nitrogens with zero attached hydrogens (tertiary/aromatic N) is 3. The normalized spacial score (nSPS) is 17.1. The third-order valence-corrected chi connectivity index (χ3v) is 4.92. The summed E-state index contributed by atoms with van der Waals surface area (Å²) >= 11 is 0. The van der Waals surface area contributed by atoms with Crippen molar-refractivity contribution < 1.29 is 4.79 Å². The zero-order chi connectivity index (χ0) is 18.2.